The molecule has 0 saturated heterocycles. The molecule has 0 aromatic heterocycles. The van der Waals surface area contributed by atoms with Gasteiger partial charge in [0.15, 0.2) is 0 Å². The second-order valence-corrected chi connectivity index (χ2v) is 4.65. The second-order valence-electron chi connectivity index (χ2n) is 4.21. The van der Waals surface area contributed by atoms with Crippen LogP contribution in [0.2, 0.25) is 5.02 Å². The Bertz CT molecular complexity index is 385. The van der Waals surface area contributed by atoms with Gasteiger partial charge in [-0.05, 0) is 30.5 Å². The van der Waals surface area contributed by atoms with Crippen LogP contribution in [0.3, 0.4) is 0 Å². The summed E-state index contributed by atoms with van der Waals surface area (Å²) < 4.78 is 5.05. The fourth-order valence-corrected chi connectivity index (χ4v) is 2.38. The van der Waals surface area contributed by atoms with Gasteiger partial charge in [0.05, 0.1) is 12.5 Å². The Labute approximate surface area is 101 Å². The van der Waals surface area contributed by atoms with E-state index in [0.29, 0.717) is 18.4 Å². The molecule has 1 aliphatic carbocycles. The van der Waals surface area contributed by atoms with Gasteiger partial charge in [-0.25, -0.2) is 0 Å². The predicted molar refractivity (Wildman–Crippen MR) is 63.5 cm³/mol. The number of carbonyl (C=O) groups excluding carboxylic acids is 1. The third kappa shape index (κ3) is 2.07. The molecule has 2 rings (SSSR count). The predicted octanol–water partition coefficient (Wildman–Crippen LogP) is 3.25. The molecule has 3 heteroatoms. The Balaban J connectivity index is 2.08. The average molecular weight is 239 g/mol. The molecule has 1 aromatic carbocycles. The molecule has 2 nitrogen and oxygen atoms in total. The van der Waals surface area contributed by atoms with Crippen molar-refractivity contribution < 1.29 is 9.53 Å². The number of halogens is 1. The first kappa shape index (κ1) is 11.5. The zero-order valence-electron chi connectivity index (χ0n) is 9.44. The minimum absolute atomic E-state index is 0.0288. The number of hydrogen-bond donors (Lipinski definition) is 0. The van der Waals surface area contributed by atoms with E-state index < -0.39 is 0 Å². The van der Waals surface area contributed by atoms with E-state index in [9.17, 15) is 4.79 Å². The largest absolute Gasteiger partial charge is 0.466 e. The van der Waals surface area contributed by atoms with Gasteiger partial charge >= 0.3 is 5.97 Å². The number of rotatable bonds is 3. The first-order valence-electron chi connectivity index (χ1n) is 5.57. The van der Waals surface area contributed by atoms with E-state index in [0.717, 1.165) is 5.02 Å². The highest BCUT2D eigenvalue weighted by atomic mass is 35.5. The summed E-state index contributed by atoms with van der Waals surface area (Å²) in [6, 6.07) is 7.71. The van der Waals surface area contributed by atoms with Gasteiger partial charge in [0.2, 0.25) is 0 Å². The van der Waals surface area contributed by atoms with E-state index in [2.05, 4.69) is 6.92 Å². The molecule has 0 unspecified atom stereocenters. The topological polar surface area (TPSA) is 26.3 Å². The summed E-state index contributed by atoms with van der Waals surface area (Å²) in [7, 11) is 0. The van der Waals surface area contributed by atoms with Gasteiger partial charge in [-0.15, -0.1) is 0 Å². The molecule has 0 N–H and O–H groups in total. The van der Waals surface area contributed by atoms with Crippen LogP contribution in [-0.2, 0) is 9.53 Å². The maximum Gasteiger partial charge on any atom is 0.309 e. The molecule has 0 spiro atoms. The molecule has 0 aliphatic heterocycles. The quantitative estimate of drug-likeness (QED) is 0.756. The monoisotopic (exact) mass is 238 g/mol. The van der Waals surface area contributed by atoms with E-state index in [-0.39, 0.29) is 11.9 Å². The van der Waals surface area contributed by atoms with Crippen molar-refractivity contribution in [3.05, 3.63) is 34.9 Å². The van der Waals surface area contributed by atoms with Crippen molar-refractivity contribution in [3.8, 4) is 0 Å². The van der Waals surface area contributed by atoms with Crippen molar-refractivity contribution in [1.29, 1.82) is 0 Å². The summed E-state index contributed by atoms with van der Waals surface area (Å²) in [6.45, 7) is 4.37. The van der Waals surface area contributed by atoms with Gasteiger partial charge in [-0.2, -0.15) is 0 Å². The van der Waals surface area contributed by atoms with E-state index in [4.69, 9.17) is 16.3 Å². The minimum Gasteiger partial charge on any atom is -0.466 e. The van der Waals surface area contributed by atoms with E-state index >= 15 is 0 Å². The third-order valence-corrected chi connectivity index (χ3v) is 3.44. The molecule has 1 aliphatic rings. The molecule has 16 heavy (non-hydrogen) atoms. The van der Waals surface area contributed by atoms with Crippen LogP contribution in [0.15, 0.2) is 24.3 Å². The summed E-state index contributed by atoms with van der Waals surface area (Å²) in [4.78, 5) is 11.6. The summed E-state index contributed by atoms with van der Waals surface area (Å²) in [5.74, 6) is 0.632. The van der Waals surface area contributed by atoms with Gasteiger partial charge in [-0.1, -0.05) is 30.7 Å². The molecule has 0 heterocycles. The third-order valence-electron chi connectivity index (χ3n) is 3.19. The summed E-state index contributed by atoms with van der Waals surface area (Å²) in [5, 5.41) is 0.727. The summed E-state index contributed by atoms with van der Waals surface area (Å²) >= 11 is 5.83. The number of esters is 1. The van der Waals surface area contributed by atoms with Gasteiger partial charge in [0.25, 0.3) is 0 Å². The Hall–Kier alpha value is -1.02. The molecular weight excluding hydrogens is 224 g/mol. The molecule has 0 bridgehead atoms. The SMILES string of the molecule is CCOC(=O)[C@@H]1[C@@H](C)[C@@H]1c1ccc(Cl)cc1. The molecular formula is C13H15ClO2. The Morgan fingerprint density at radius 3 is 2.56 bits per heavy atom. The summed E-state index contributed by atoms with van der Waals surface area (Å²) in [5.41, 5.74) is 1.18. The van der Waals surface area contributed by atoms with Gasteiger partial charge in [0.1, 0.15) is 0 Å². The van der Waals surface area contributed by atoms with Crippen LogP contribution in [0.1, 0.15) is 25.3 Å². The highest BCUT2D eigenvalue weighted by Gasteiger charge is 2.53. The van der Waals surface area contributed by atoms with E-state index in [1.54, 1.807) is 0 Å². The molecule has 1 aromatic rings. The smallest absolute Gasteiger partial charge is 0.309 e. The molecule has 3 atom stereocenters. The maximum absolute atomic E-state index is 11.6. The van der Waals surface area contributed by atoms with Crippen molar-refractivity contribution in [2.45, 2.75) is 19.8 Å². The van der Waals surface area contributed by atoms with E-state index in [1.165, 1.54) is 5.56 Å². The van der Waals surface area contributed by atoms with Crippen LogP contribution in [0.25, 0.3) is 0 Å². The Kier molecular flexibility index (Phi) is 3.20. The lowest BCUT2D eigenvalue weighted by molar-refractivity contribution is -0.145. The fourth-order valence-electron chi connectivity index (χ4n) is 2.26. The lowest BCUT2D eigenvalue weighted by Crippen LogP contribution is -2.08. The zero-order chi connectivity index (χ0) is 11.7. The molecule has 0 radical (unpaired) electrons. The standard InChI is InChI=1S/C13H15ClO2/c1-3-16-13(15)12-8(2)11(12)9-4-6-10(14)7-5-9/h4-8,11-12H,3H2,1-2H3/t8-,11+,12+/m0/s1. The highest BCUT2D eigenvalue weighted by molar-refractivity contribution is 6.30. The van der Waals surface area contributed by atoms with Crippen LogP contribution in [0.4, 0.5) is 0 Å². The number of benzene rings is 1. The lowest BCUT2D eigenvalue weighted by Gasteiger charge is -2.01. The van der Waals surface area contributed by atoms with Crippen LogP contribution in [0.5, 0.6) is 0 Å². The first-order valence-corrected chi connectivity index (χ1v) is 5.95. The minimum atomic E-state index is -0.0741. The molecule has 1 fully saturated rings. The second kappa shape index (κ2) is 4.46. The fraction of sp³-hybridized carbons (Fsp3) is 0.462. The van der Waals surface area contributed by atoms with Crippen molar-refractivity contribution in [2.24, 2.45) is 11.8 Å². The molecule has 86 valence electrons. The number of ether oxygens (including phenoxy) is 1. The van der Waals surface area contributed by atoms with Gasteiger partial charge in [-0.3, -0.25) is 4.79 Å². The zero-order valence-corrected chi connectivity index (χ0v) is 10.2. The van der Waals surface area contributed by atoms with Crippen LogP contribution >= 0.6 is 11.6 Å². The maximum atomic E-state index is 11.6. The van der Waals surface area contributed by atoms with Crippen molar-refractivity contribution in [3.63, 3.8) is 0 Å². The van der Waals surface area contributed by atoms with E-state index in [1.807, 2.05) is 31.2 Å². The first-order chi connectivity index (χ1) is 7.65. The Morgan fingerprint density at radius 1 is 1.38 bits per heavy atom. The van der Waals surface area contributed by atoms with Crippen LogP contribution in [0, 0.1) is 11.8 Å². The highest BCUT2D eigenvalue weighted by Crippen LogP contribution is 2.54. The van der Waals surface area contributed by atoms with Crippen molar-refractivity contribution in [2.75, 3.05) is 6.61 Å². The number of hydrogen-bond acceptors (Lipinski definition) is 2. The van der Waals surface area contributed by atoms with Crippen LogP contribution in [-0.4, -0.2) is 12.6 Å². The molecule has 0 amide bonds. The Morgan fingerprint density at radius 2 is 2.00 bits per heavy atom. The van der Waals surface area contributed by atoms with Gasteiger partial charge < -0.3 is 4.74 Å². The lowest BCUT2D eigenvalue weighted by atomic mass is 10.1. The molecule has 1 saturated carbocycles. The summed E-state index contributed by atoms with van der Waals surface area (Å²) in [6.07, 6.45) is 0. The van der Waals surface area contributed by atoms with Crippen LogP contribution < -0.4 is 0 Å². The van der Waals surface area contributed by atoms with Gasteiger partial charge in [0, 0.05) is 10.9 Å². The van der Waals surface area contributed by atoms with Crippen molar-refractivity contribution in [1.82, 2.24) is 0 Å². The average Bonchev–Trinajstić information content (AvgIpc) is 2.92. The number of carbonyl (C=O) groups is 1. The van der Waals surface area contributed by atoms with Crippen molar-refractivity contribution >= 4 is 17.6 Å². The normalized spacial score (nSPS) is 27.6.